The molecule has 1 saturated heterocycles. The number of carbonyl (C=O) groups excluding carboxylic acids is 1. The Kier molecular flexibility index (Phi) is 5.11. The molecule has 1 atom stereocenters. The molecule has 0 saturated carbocycles. The van der Waals surface area contributed by atoms with Gasteiger partial charge in [0.1, 0.15) is 12.4 Å². The molecule has 0 unspecified atom stereocenters. The van der Waals surface area contributed by atoms with Crippen LogP contribution in [0.25, 0.3) is 11.1 Å². The van der Waals surface area contributed by atoms with Crippen molar-refractivity contribution in [3.05, 3.63) is 54.3 Å². The quantitative estimate of drug-likeness (QED) is 0.917. The predicted octanol–water partition coefficient (Wildman–Crippen LogP) is 4.14. The van der Waals surface area contributed by atoms with Gasteiger partial charge in [0.25, 0.3) is 0 Å². The van der Waals surface area contributed by atoms with Gasteiger partial charge in [0, 0.05) is 11.6 Å². The van der Waals surface area contributed by atoms with Crippen LogP contribution in [0.3, 0.4) is 0 Å². The lowest BCUT2D eigenvalue weighted by Gasteiger charge is -2.19. The van der Waals surface area contributed by atoms with Crippen molar-refractivity contribution in [2.45, 2.75) is 18.9 Å². The second-order valence-corrected chi connectivity index (χ2v) is 6.05. The van der Waals surface area contributed by atoms with E-state index >= 15 is 0 Å². The minimum atomic E-state index is -0.468. The summed E-state index contributed by atoms with van der Waals surface area (Å²) in [6.07, 6.45) is 1.72. The SMILES string of the molecule is CN1CCC[C@H]1COC(=O)Nc1ccccc1-c1ccc(F)cc1. The molecule has 1 aliphatic heterocycles. The van der Waals surface area contributed by atoms with Crippen LogP contribution in [0.15, 0.2) is 48.5 Å². The van der Waals surface area contributed by atoms with Crippen molar-refractivity contribution in [3.8, 4) is 11.1 Å². The topological polar surface area (TPSA) is 41.6 Å². The van der Waals surface area contributed by atoms with E-state index in [9.17, 15) is 9.18 Å². The van der Waals surface area contributed by atoms with Crippen LogP contribution in [-0.4, -0.2) is 37.2 Å². The zero-order chi connectivity index (χ0) is 16.9. The molecule has 4 nitrogen and oxygen atoms in total. The Morgan fingerprint density at radius 2 is 2.00 bits per heavy atom. The Bertz CT molecular complexity index is 703. The number of ether oxygens (including phenoxy) is 1. The van der Waals surface area contributed by atoms with Crippen LogP contribution in [-0.2, 0) is 4.74 Å². The molecule has 24 heavy (non-hydrogen) atoms. The van der Waals surface area contributed by atoms with Crippen molar-refractivity contribution in [1.82, 2.24) is 4.90 Å². The summed E-state index contributed by atoms with van der Waals surface area (Å²) in [5.74, 6) is -0.288. The molecule has 5 heteroatoms. The summed E-state index contributed by atoms with van der Waals surface area (Å²) in [7, 11) is 2.04. The number of nitrogens with zero attached hydrogens (tertiary/aromatic N) is 1. The molecule has 2 aromatic rings. The van der Waals surface area contributed by atoms with Gasteiger partial charge in [0.2, 0.25) is 0 Å². The predicted molar refractivity (Wildman–Crippen MR) is 92.5 cm³/mol. The van der Waals surface area contributed by atoms with Gasteiger partial charge in [-0.15, -0.1) is 0 Å². The Hall–Kier alpha value is -2.40. The molecule has 0 bridgehead atoms. The first-order chi connectivity index (χ1) is 11.6. The molecule has 0 spiro atoms. The summed E-state index contributed by atoms with van der Waals surface area (Å²) in [5.41, 5.74) is 2.31. The van der Waals surface area contributed by atoms with Crippen molar-refractivity contribution in [3.63, 3.8) is 0 Å². The zero-order valence-corrected chi connectivity index (χ0v) is 13.7. The molecule has 1 heterocycles. The highest BCUT2D eigenvalue weighted by Crippen LogP contribution is 2.28. The second-order valence-electron chi connectivity index (χ2n) is 6.05. The summed E-state index contributed by atoms with van der Waals surface area (Å²) in [5, 5.41) is 2.79. The number of hydrogen-bond acceptors (Lipinski definition) is 3. The van der Waals surface area contributed by atoms with E-state index in [0.29, 0.717) is 18.3 Å². The number of nitrogens with one attached hydrogen (secondary N) is 1. The van der Waals surface area contributed by atoms with Gasteiger partial charge in [-0.2, -0.15) is 0 Å². The van der Waals surface area contributed by atoms with Gasteiger partial charge >= 0.3 is 6.09 Å². The van der Waals surface area contributed by atoms with Crippen LogP contribution in [0.5, 0.6) is 0 Å². The first-order valence-corrected chi connectivity index (χ1v) is 8.12. The van der Waals surface area contributed by atoms with Gasteiger partial charge in [-0.25, -0.2) is 9.18 Å². The molecular weight excluding hydrogens is 307 g/mol. The summed E-state index contributed by atoms with van der Waals surface area (Å²) in [6, 6.07) is 13.9. The molecule has 1 N–H and O–H groups in total. The fourth-order valence-corrected chi connectivity index (χ4v) is 2.98. The maximum absolute atomic E-state index is 13.1. The van der Waals surface area contributed by atoms with Gasteiger partial charge in [0.15, 0.2) is 0 Å². The van der Waals surface area contributed by atoms with Crippen LogP contribution in [0.2, 0.25) is 0 Å². The molecule has 0 radical (unpaired) electrons. The lowest BCUT2D eigenvalue weighted by molar-refractivity contribution is 0.127. The van der Waals surface area contributed by atoms with E-state index in [1.807, 2.05) is 31.3 Å². The summed E-state index contributed by atoms with van der Waals surface area (Å²) < 4.78 is 18.5. The maximum atomic E-state index is 13.1. The van der Waals surface area contributed by atoms with Crippen molar-refractivity contribution in [2.75, 3.05) is 25.5 Å². The maximum Gasteiger partial charge on any atom is 0.411 e. The molecule has 1 fully saturated rings. The number of likely N-dealkylation sites (N-methyl/N-ethyl adjacent to an activating group) is 1. The van der Waals surface area contributed by atoms with Crippen LogP contribution >= 0.6 is 0 Å². The molecule has 1 aliphatic rings. The monoisotopic (exact) mass is 328 g/mol. The average molecular weight is 328 g/mol. The smallest absolute Gasteiger partial charge is 0.411 e. The molecule has 0 aromatic heterocycles. The van der Waals surface area contributed by atoms with Crippen molar-refractivity contribution in [2.24, 2.45) is 0 Å². The Labute approximate surface area is 141 Å². The largest absolute Gasteiger partial charge is 0.448 e. The molecule has 126 valence electrons. The Balaban J connectivity index is 1.66. The lowest BCUT2D eigenvalue weighted by atomic mass is 10.0. The van der Waals surface area contributed by atoms with Gasteiger partial charge in [-0.3, -0.25) is 5.32 Å². The fourth-order valence-electron chi connectivity index (χ4n) is 2.98. The number of rotatable bonds is 4. The third kappa shape index (κ3) is 3.92. The van der Waals surface area contributed by atoms with Crippen molar-refractivity contribution >= 4 is 11.8 Å². The van der Waals surface area contributed by atoms with Crippen molar-refractivity contribution in [1.29, 1.82) is 0 Å². The minimum Gasteiger partial charge on any atom is -0.448 e. The van der Waals surface area contributed by atoms with Crippen LogP contribution in [0, 0.1) is 5.82 Å². The standard InChI is InChI=1S/C19H21FN2O2/c1-22-12-4-5-16(22)13-24-19(23)21-18-7-3-2-6-17(18)14-8-10-15(20)11-9-14/h2-3,6-11,16H,4-5,12-13H2,1H3,(H,21,23)/t16-/m0/s1. The second kappa shape index (κ2) is 7.45. The number of para-hydroxylation sites is 1. The molecular formula is C19H21FN2O2. The number of amides is 1. The molecule has 2 aromatic carbocycles. The molecule has 1 amide bonds. The number of benzene rings is 2. The van der Waals surface area contributed by atoms with Crippen LogP contribution < -0.4 is 5.32 Å². The fraction of sp³-hybridized carbons (Fsp3) is 0.316. The normalized spacial score (nSPS) is 17.7. The van der Waals surface area contributed by atoms with Crippen LogP contribution in [0.1, 0.15) is 12.8 Å². The highest BCUT2D eigenvalue weighted by atomic mass is 19.1. The highest BCUT2D eigenvalue weighted by molar-refractivity contribution is 5.91. The van der Waals surface area contributed by atoms with E-state index in [0.717, 1.165) is 30.5 Å². The number of likely N-dealkylation sites (tertiary alicyclic amines) is 1. The Morgan fingerprint density at radius 1 is 1.25 bits per heavy atom. The summed E-state index contributed by atoms with van der Waals surface area (Å²) >= 11 is 0. The van der Waals surface area contributed by atoms with E-state index in [2.05, 4.69) is 10.2 Å². The number of halogens is 1. The van der Waals surface area contributed by atoms with E-state index in [1.54, 1.807) is 12.1 Å². The summed E-state index contributed by atoms with van der Waals surface area (Å²) in [6.45, 7) is 1.43. The number of anilines is 1. The van der Waals surface area contributed by atoms with E-state index < -0.39 is 6.09 Å². The van der Waals surface area contributed by atoms with Gasteiger partial charge < -0.3 is 9.64 Å². The number of carbonyl (C=O) groups is 1. The van der Waals surface area contributed by atoms with E-state index in [-0.39, 0.29) is 5.82 Å². The molecule has 0 aliphatic carbocycles. The van der Waals surface area contributed by atoms with Gasteiger partial charge in [0.05, 0.1) is 5.69 Å². The number of hydrogen-bond donors (Lipinski definition) is 1. The third-order valence-electron chi connectivity index (χ3n) is 4.40. The van der Waals surface area contributed by atoms with E-state index in [4.69, 9.17) is 4.74 Å². The van der Waals surface area contributed by atoms with Crippen LogP contribution in [0.4, 0.5) is 14.9 Å². The Morgan fingerprint density at radius 3 is 2.71 bits per heavy atom. The lowest BCUT2D eigenvalue weighted by Crippen LogP contribution is -2.31. The highest BCUT2D eigenvalue weighted by Gasteiger charge is 2.22. The van der Waals surface area contributed by atoms with E-state index in [1.165, 1.54) is 12.1 Å². The zero-order valence-electron chi connectivity index (χ0n) is 13.7. The van der Waals surface area contributed by atoms with Crippen molar-refractivity contribution < 1.29 is 13.9 Å². The van der Waals surface area contributed by atoms with Gasteiger partial charge in [-0.05, 0) is 50.2 Å². The van der Waals surface area contributed by atoms with Gasteiger partial charge in [-0.1, -0.05) is 30.3 Å². The summed E-state index contributed by atoms with van der Waals surface area (Å²) in [4.78, 5) is 14.3. The third-order valence-corrected chi connectivity index (χ3v) is 4.40. The average Bonchev–Trinajstić information content (AvgIpc) is 2.99. The first-order valence-electron chi connectivity index (χ1n) is 8.12. The molecule has 3 rings (SSSR count). The minimum absolute atomic E-state index is 0.288. The first kappa shape index (κ1) is 16.5.